The molecule has 1 rings (SSSR count). The summed E-state index contributed by atoms with van der Waals surface area (Å²) < 4.78 is 6.79. The van der Waals surface area contributed by atoms with Crippen molar-refractivity contribution >= 4 is 17.6 Å². The van der Waals surface area contributed by atoms with E-state index in [9.17, 15) is 4.79 Å². The number of carbonyl (C=O) groups is 1. The molecule has 1 atom stereocenters. The summed E-state index contributed by atoms with van der Waals surface area (Å²) in [5, 5.41) is 4.68. The van der Waals surface area contributed by atoms with Gasteiger partial charge in [-0.1, -0.05) is 11.6 Å². The molecule has 1 heterocycles. The predicted molar refractivity (Wildman–Crippen MR) is 70.5 cm³/mol. The molecule has 0 aliphatic rings. The minimum atomic E-state index is -0.732. The van der Waals surface area contributed by atoms with Gasteiger partial charge in [0.15, 0.2) is 0 Å². The number of esters is 1. The zero-order valence-electron chi connectivity index (χ0n) is 11.5. The van der Waals surface area contributed by atoms with Crippen LogP contribution in [-0.4, -0.2) is 27.4 Å². The molecule has 6 heteroatoms. The maximum atomic E-state index is 11.8. The maximum absolute atomic E-state index is 11.8. The molecule has 0 radical (unpaired) electrons. The Bertz CT molecular complexity index is 449. The smallest absolute Gasteiger partial charge is 0.323 e. The molecule has 0 saturated heterocycles. The molecule has 0 aromatic carbocycles. The maximum Gasteiger partial charge on any atom is 0.323 e. The van der Waals surface area contributed by atoms with Crippen LogP contribution in [0.5, 0.6) is 0 Å². The molecule has 1 aromatic heterocycles. The van der Waals surface area contributed by atoms with Crippen LogP contribution < -0.4 is 5.73 Å². The van der Waals surface area contributed by atoms with Crippen molar-refractivity contribution in [3.8, 4) is 0 Å². The molecule has 5 nitrogen and oxygen atoms in total. The molecule has 0 amide bonds. The number of carbonyl (C=O) groups excluding carboxylic acids is 1. The fourth-order valence-electron chi connectivity index (χ4n) is 1.59. The predicted octanol–water partition coefficient (Wildman–Crippen LogP) is 1.59. The molecule has 0 aliphatic carbocycles. The van der Waals surface area contributed by atoms with E-state index in [1.165, 1.54) is 0 Å². The number of aromatic nitrogens is 2. The first-order valence-electron chi connectivity index (χ1n) is 5.78. The molecular weight excluding hydrogens is 254 g/mol. The zero-order valence-corrected chi connectivity index (χ0v) is 12.2. The summed E-state index contributed by atoms with van der Waals surface area (Å²) in [6.45, 7) is 7.25. The molecule has 0 saturated carbocycles. The van der Waals surface area contributed by atoms with Crippen molar-refractivity contribution in [1.82, 2.24) is 9.78 Å². The monoisotopic (exact) mass is 273 g/mol. The van der Waals surface area contributed by atoms with Crippen molar-refractivity contribution in [2.24, 2.45) is 12.8 Å². The van der Waals surface area contributed by atoms with Crippen molar-refractivity contribution in [3.63, 3.8) is 0 Å². The van der Waals surface area contributed by atoms with Gasteiger partial charge in [-0.3, -0.25) is 9.48 Å². The van der Waals surface area contributed by atoms with Crippen LogP contribution in [0.15, 0.2) is 0 Å². The number of halogens is 1. The molecule has 0 fully saturated rings. The van der Waals surface area contributed by atoms with Gasteiger partial charge in [0.2, 0.25) is 0 Å². The number of aryl methyl sites for hydroxylation is 2. The fraction of sp³-hybridized carbons (Fsp3) is 0.667. The van der Waals surface area contributed by atoms with Crippen molar-refractivity contribution in [2.45, 2.75) is 45.8 Å². The topological polar surface area (TPSA) is 70.1 Å². The largest absolute Gasteiger partial charge is 0.459 e. The second-order valence-corrected chi connectivity index (χ2v) is 5.68. The average Bonchev–Trinajstić information content (AvgIpc) is 2.42. The van der Waals surface area contributed by atoms with Crippen LogP contribution in [-0.2, 0) is 23.0 Å². The highest BCUT2D eigenvalue weighted by Crippen LogP contribution is 2.20. The summed E-state index contributed by atoms with van der Waals surface area (Å²) in [6.07, 6.45) is 0.327. The summed E-state index contributed by atoms with van der Waals surface area (Å²) in [7, 11) is 1.75. The van der Waals surface area contributed by atoms with Gasteiger partial charge >= 0.3 is 5.97 Å². The van der Waals surface area contributed by atoms with Crippen LogP contribution in [0.2, 0.25) is 5.15 Å². The Balaban J connectivity index is 2.76. The van der Waals surface area contributed by atoms with E-state index in [-0.39, 0.29) is 0 Å². The fourth-order valence-corrected chi connectivity index (χ4v) is 1.84. The lowest BCUT2D eigenvalue weighted by Gasteiger charge is -2.22. The van der Waals surface area contributed by atoms with E-state index in [0.717, 1.165) is 11.3 Å². The number of nitrogens with zero attached hydrogens (tertiary/aromatic N) is 2. The van der Waals surface area contributed by atoms with Crippen molar-refractivity contribution in [3.05, 3.63) is 16.4 Å². The van der Waals surface area contributed by atoms with Gasteiger partial charge in [0.1, 0.15) is 16.8 Å². The first-order valence-corrected chi connectivity index (χ1v) is 6.16. The summed E-state index contributed by atoms with van der Waals surface area (Å²) in [6, 6.07) is -0.732. The SMILES string of the molecule is Cc1nn(C)c(Cl)c1CC(N)C(=O)OC(C)(C)C. The highest BCUT2D eigenvalue weighted by Gasteiger charge is 2.24. The van der Waals surface area contributed by atoms with Gasteiger partial charge in [-0.15, -0.1) is 0 Å². The normalized spacial score (nSPS) is 13.5. The van der Waals surface area contributed by atoms with Gasteiger partial charge in [0.05, 0.1) is 5.69 Å². The van der Waals surface area contributed by atoms with Crippen LogP contribution in [0.4, 0.5) is 0 Å². The van der Waals surface area contributed by atoms with Crippen LogP contribution in [0.25, 0.3) is 0 Å². The number of ether oxygens (including phenoxy) is 1. The number of rotatable bonds is 3. The molecular formula is C12H20ClN3O2. The van der Waals surface area contributed by atoms with Gasteiger partial charge in [0, 0.05) is 19.0 Å². The Morgan fingerprint density at radius 2 is 2.11 bits per heavy atom. The second kappa shape index (κ2) is 5.28. The van der Waals surface area contributed by atoms with E-state index in [1.54, 1.807) is 32.5 Å². The van der Waals surface area contributed by atoms with Crippen molar-refractivity contribution < 1.29 is 9.53 Å². The lowest BCUT2D eigenvalue weighted by Crippen LogP contribution is -2.38. The van der Waals surface area contributed by atoms with E-state index in [2.05, 4.69) is 5.10 Å². The molecule has 2 N–H and O–H groups in total. The number of hydrogen-bond acceptors (Lipinski definition) is 4. The average molecular weight is 274 g/mol. The molecule has 0 spiro atoms. The van der Waals surface area contributed by atoms with E-state index < -0.39 is 17.6 Å². The van der Waals surface area contributed by atoms with Crippen molar-refractivity contribution in [1.29, 1.82) is 0 Å². The molecule has 1 aromatic rings. The number of hydrogen-bond donors (Lipinski definition) is 1. The third-order valence-corrected chi connectivity index (χ3v) is 2.88. The summed E-state index contributed by atoms with van der Waals surface area (Å²) >= 11 is 6.09. The lowest BCUT2D eigenvalue weighted by molar-refractivity contribution is -0.156. The highest BCUT2D eigenvalue weighted by molar-refractivity contribution is 6.30. The van der Waals surface area contributed by atoms with E-state index in [0.29, 0.717) is 11.6 Å². The quantitative estimate of drug-likeness (QED) is 0.849. The zero-order chi connectivity index (χ0) is 14.1. The second-order valence-electron chi connectivity index (χ2n) is 5.32. The van der Waals surface area contributed by atoms with Gasteiger partial charge in [-0.2, -0.15) is 5.10 Å². The minimum Gasteiger partial charge on any atom is -0.459 e. The summed E-state index contributed by atoms with van der Waals surface area (Å²) in [4.78, 5) is 11.8. The van der Waals surface area contributed by atoms with E-state index in [4.69, 9.17) is 22.1 Å². The molecule has 1 unspecified atom stereocenters. The number of nitrogens with two attached hydrogens (primary N) is 1. The Labute approximate surface area is 112 Å². The Hall–Kier alpha value is -1.07. The first kappa shape index (κ1) is 15.0. The standard InChI is InChI=1S/C12H20ClN3O2/c1-7-8(10(13)16(5)15-7)6-9(14)11(17)18-12(2,3)4/h9H,6,14H2,1-5H3. The van der Waals surface area contributed by atoms with Crippen LogP contribution in [0.3, 0.4) is 0 Å². The molecule has 0 bridgehead atoms. The van der Waals surface area contributed by atoms with Crippen LogP contribution >= 0.6 is 11.6 Å². The van der Waals surface area contributed by atoms with Gasteiger partial charge in [-0.05, 0) is 27.7 Å². The third kappa shape index (κ3) is 3.71. The third-order valence-electron chi connectivity index (χ3n) is 2.40. The van der Waals surface area contributed by atoms with Gasteiger partial charge < -0.3 is 10.5 Å². The van der Waals surface area contributed by atoms with Crippen LogP contribution in [0, 0.1) is 6.92 Å². The minimum absolute atomic E-state index is 0.327. The summed E-state index contributed by atoms with van der Waals surface area (Å²) in [5.74, 6) is -0.429. The van der Waals surface area contributed by atoms with Crippen molar-refractivity contribution in [2.75, 3.05) is 0 Å². The Kier molecular flexibility index (Phi) is 4.40. The first-order chi connectivity index (χ1) is 8.11. The molecule has 0 aliphatic heterocycles. The highest BCUT2D eigenvalue weighted by atomic mass is 35.5. The van der Waals surface area contributed by atoms with Gasteiger partial charge in [0.25, 0.3) is 0 Å². The lowest BCUT2D eigenvalue weighted by atomic mass is 10.1. The summed E-state index contributed by atoms with van der Waals surface area (Å²) in [5.41, 5.74) is 6.86. The molecule has 18 heavy (non-hydrogen) atoms. The van der Waals surface area contributed by atoms with Crippen LogP contribution in [0.1, 0.15) is 32.0 Å². The Morgan fingerprint density at radius 3 is 2.50 bits per heavy atom. The van der Waals surface area contributed by atoms with E-state index >= 15 is 0 Å². The Morgan fingerprint density at radius 1 is 1.56 bits per heavy atom. The molecule has 102 valence electrons. The van der Waals surface area contributed by atoms with Gasteiger partial charge in [-0.25, -0.2) is 0 Å². The van der Waals surface area contributed by atoms with E-state index in [1.807, 2.05) is 6.92 Å².